The summed E-state index contributed by atoms with van der Waals surface area (Å²) >= 11 is 0. The van der Waals surface area contributed by atoms with Gasteiger partial charge in [0.25, 0.3) is 0 Å². The van der Waals surface area contributed by atoms with Gasteiger partial charge >= 0.3 is 6.18 Å². The minimum absolute atomic E-state index is 0.0770. The average Bonchev–Trinajstić information content (AvgIpc) is 2.01. The highest BCUT2D eigenvalue weighted by atomic mass is 19.4. The van der Waals surface area contributed by atoms with Crippen molar-refractivity contribution in [2.24, 2.45) is 0 Å². The lowest BCUT2D eigenvalue weighted by Gasteiger charge is -2.09. The highest BCUT2D eigenvalue weighted by Crippen LogP contribution is 2.30. The lowest BCUT2D eigenvalue weighted by atomic mass is 10.2. The third-order valence-electron chi connectivity index (χ3n) is 1.51. The molecule has 0 saturated carbocycles. The summed E-state index contributed by atoms with van der Waals surface area (Å²) in [5, 5.41) is 2.56. The van der Waals surface area contributed by atoms with E-state index in [9.17, 15) is 13.2 Å². The second-order valence-electron chi connectivity index (χ2n) is 2.44. The van der Waals surface area contributed by atoms with Crippen LogP contribution in [-0.2, 0) is 6.18 Å². The quantitative estimate of drug-likeness (QED) is 0.736. The summed E-state index contributed by atoms with van der Waals surface area (Å²) in [5.74, 6) is 0.186. The van der Waals surface area contributed by atoms with Gasteiger partial charge in [0.1, 0.15) is 0 Å². The molecule has 0 saturated heterocycles. The van der Waals surface area contributed by atoms with Gasteiger partial charge in [-0.2, -0.15) is 13.2 Å². The molecular weight excluding hydrogens is 183 g/mol. The zero-order valence-corrected chi connectivity index (χ0v) is 7.11. The van der Waals surface area contributed by atoms with E-state index in [2.05, 4.69) is 15.3 Å². The number of halogens is 3. The standard InChI is InChI=1S/C7H8F3N3/c1-4-5(7(8,9)10)3-12-6(11-2)13-4/h3H,1-2H3,(H,11,12,13). The predicted octanol–water partition coefficient (Wildman–Crippen LogP) is 1.85. The number of aromatic nitrogens is 2. The summed E-state index contributed by atoms with van der Waals surface area (Å²) in [6.45, 7) is 1.30. The Morgan fingerprint density at radius 2 is 2.00 bits per heavy atom. The Morgan fingerprint density at radius 3 is 2.38 bits per heavy atom. The first-order chi connectivity index (χ1) is 5.95. The molecular formula is C7H8F3N3. The fourth-order valence-electron chi connectivity index (χ4n) is 0.866. The van der Waals surface area contributed by atoms with Crippen molar-refractivity contribution in [2.45, 2.75) is 13.1 Å². The molecule has 6 heteroatoms. The minimum Gasteiger partial charge on any atom is -0.357 e. The third kappa shape index (κ3) is 2.07. The first-order valence-corrected chi connectivity index (χ1v) is 3.53. The zero-order valence-electron chi connectivity index (χ0n) is 7.11. The van der Waals surface area contributed by atoms with Gasteiger partial charge < -0.3 is 5.32 Å². The first-order valence-electron chi connectivity index (χ1n) is 3.53. The number of anilines is 1. The topological polar surface area (TPSA) is 37.8 Å². The van der Waals surface area contributed by atoms with Gasteiger partial charge in [0.15, 0.2) is 0 Å². The van der Waals surface area contributed by atoms with Crippen molar-refractivity contribution in [3.63, 3.8) is 0 Å². The summed E-state index contributed by atoms with van der Waals surface area (Å²) in [6.07, 6.45) is -3.61. The van der Waals surface area contributed by atoms with E-state index in [-0.39, 0.29) is 11.6 Å². The van der Waals surface area contributed by atoms with E-state index >= 15 is 0 Å². The number of alkyl halides is 3. The van der Waals surface area contributed by atoms with Crippen LogP contribution in [0.1, 0.15) is 11.3 Å². The average molecular weight is 191 g/mol. The molecule has 0 aliphatic rings. The molecule has 1 heterocycles. The summed E-state index contributed by atoms with van der Waals surface area (Å²) < 4.78 is 36.6. The van der Waals surface area contributed by atoms with Gasteiger partial charge in [0.05, 0.1) is 11.3 Å². The second-order valence-corrected chi connectivity index (χ2v) is 2.44. The van der Waals surface area contributed by atoms with Crippen molar-refractivity contribution in [1.82, 2.24) is 9.97 Å². The molecule has 1 N–H and O–H groups in total. The third-order valence-corrected chi connectivity index (χ3v) is 1.51. The molecule has 0 bridgehead atoms. The Balaban J connectivity index is 3.13. The summed E-state index contributed by atoms with van der Waals surface area (Å²) in [6, 6.07) is 0. The molecule has 0 aliphatic heterocycles. The number of aryl methyl sites for hydroxylation is 1. The monoisotopic (exact) mass is 191 g/mol. The molecule has 0 amide bonds. The van der Waals surface area contributed by atoms with Crippen LogP contribution in [0, 0.1) is 6.92 Å². The van der Waals surface area contributed by atoms with Crippen molar-refractivity contribution in [1.29, 1.82) is 0 Å². The van der Waals surface area contributed by atoms with Crippen LogP contribution in [0.4, 0.5) is 19.1 Å². The maximum atomic E-state index is 12.2. The van der Waals surface area contributed by atoms with E-state index in [1.807, 2.05) is 0 Å². The molecule has 0 spiro atoms. The van der Waals surface area contributed by atoms with Crippen molar-refractivity contribution in [3.05, 3.63) is 17.5 Å². The zero-order chi connectivity index (χ0) is 10.1. The van der Waals surface area contributed by atoms with Crippen LogP contribution in [0.3, 0.4) is 0 Å². The molecule has 0 aliphatic carbocycles. The van der Waals surface area contributed by atoms with Gasteiger partial charge in [-0.15, -0.1) is 0 Å². The molecule has 0 aromatic carbocycles. The molecule has 0 fully saturated rings. The first kappa shape index (κ1) is 9.76. The van der Waals surface area contributed by atoms with Gasteiger partial charge in [-0.05, 0) is 6.92 Å². The molecule has 1 aromatic rings. The van der Waals surface area contributed by atoms with E-state index in [1.165, 1.54) is 6.92 Å². The summed E-state index contributed by atoms with van der Waals surface area (Å²) in [4.78, 5) is 7.10. The predicted molar refractivity (Wildman–Crippen MR) is 41.3 cm³/mol. The van der Waals surface area contributed by atoms with Crippen LogP contribution < -0.4 is 5.32 Å². The van der Waals surface area contributed by atoms with Crippen LogP contribution in [-0.4, -0.2) is 17.0 Å². The Kier molecular flexibility index (Phi) is 2.40. The van der Waals surface area contributed by atoms with Gasteiger partial charge in [-0.25, -0.2) is 9.97 Å². The van der Waals surface area contributed by atoms with E-state index in [4.69, 9.17) is 0 Å². The molecule has 1 rings (SSSR count). The number of nitrogens with one attached hydrogen (secondary N) is 1. The van der Waals surface area contributed by atoms with Crippen LogP contribution in [0.25, 0.3) is 0 Å². The van der Waals surface area contributed by atoms with Crippen molar-refractivity contribution < 1.29 is 13.2 Å². The lowest BCUT2D eigenvalue weighted by molar-refractivity contribution is -0.138. The van der Waals surface area contributed by atoms with Crippen LogP contribution in [0.5, 0.6) is 0 Å². The Morgan fingerprint density at radius 1 is 1.38 bits per heavy atom. The Labute approximate surface area is 73.0 Å². The highest BCUT2D eigenvalue weighted by Gasteiger charge is 2.33. The van der Waals surface area contributed by atoms with E-state index in [1.54, 1.807) is 7.05 Å². The van der Waals surface area contributed by atoms with Gasteiger partial charge in [-0.1, -0.05) is 0 Å². The van der Waals surface area contributed by atoms with E-state index in [0.29, 0.717) is 0 Å². The van der Waals surface area contributed by atoms with Crippen molar-refractivity contribution >= 4 is 5.95 Å². The maximum absolute atomic E-state index is 12.2. The molecule has 1 aromatic heterocycles. The van der Waals surface area contributed by atoms with E-state index in [0.717, 1.165) is 6.20 Å². The van der Waals surface area contributed by atoms with Gasteiger partial charge in [0, 0.05) is 13.2 Å². The Bertz CT molecular complexity index is 308. The number of hydrogen-bond acceptors (Lipinski definition) is 3. The van der Waals surface area contributed by atoms with Crippen LogP contribution >= 0.6 is 0 Å². The minimum atomic E-state index is -4.38. The SMILES string of the molecule is CNc1ncc(C(F)(F)F)c(C)n1. The molecule has 13 heavy (non-hydrogen) atoms. The number of nitrogens with zero attached hydrogens (tertiary/aromatic N) is 2. The molecule has 0 unspecified atom stereocenters. The molecule has 72 valence electrons. The number of rotatable bonds is 1. The van der Waals surface area contributed by atoms with Gasteiger partial charge in [-0.3, -0.25) is 0 Å². The van der Waals surface area contributed by atoms with Gasteiger partial charge in [0.2, 0.25) is 5.95 Å². The van der Waals surface area contributed by atoms with Crippen molar-refractivity contribution in [2.75, 3.05) is 12.4 Å². The Hall–Kier alpha value is -1.33. The smallest absolute Gasteiger partial charge is 0.357 e. The maximum Gasteiger partial charge on any atom is 0.419 e. The lowest BCUT2D eigenvalue weighted by Crippen LogP contribution is -2.10. The normalized spacial score (nSPS) is 11.5. The molecule has 0 atom stereocenters. The molecule has 0 radical (unpaired) electrons. The van der Waals surface area contributed by atoms with E-state index < -0.39 is 11.7 Å². The van der Waals surface area contributed by atoms with Crippen molar-refractivity contribution in [3.8, 4) is 0 Å². The largest absolute Gasteiger partial charge is 0.419 e. The van der Waals surface area contributed by atoms with Crippen LogP contribution in [0.2, 0.25) is 0 Å². The second kappa shape index (κ2) is 3.20. The summed E-state index contributed by atoms with van der Waals surface area (Å²) in [7, 11) is 1.54. The number of hydrogen-bond donors (Lipinski definition) is 1. The fraction of sp³-hybridized carbons (Fsp3) is 0.429. The summed E-state index contributed by atoms with van der Waals surface area (Å²) in [5.41, 5.74) is -0.877. The van der Waals surface area contributed by atoms with Crippen LogP contribution in [0.15, 0.2) is 6.20 Å². The molecule has 3 nitrogen and oxygen atoms in total. The fourth-order valence-corrected chi connectivity index (χ4v) is 0.866. The highest BCUT2D eigenvalue weighted by molar-refractivity contribution is 5.29.